The van der Waals surface area contributed by atoms with Crippen LogP contribution in [0.15, 0.2) is 48.5 Å². The molecule has 1 unspecified atom stereocenters. The number of carbonyl (C=O) groups excluding carboxylic acids is 2. The van der Waals surface area contributed by atoms with Crippen LogP contribution in [0.1, 0.15) is 44.6 Å². The van der Waals surface area contributed by atoms with Crippen LogP contribution >= 0.6 is 0 Å². The summed E-state index contributed by atoms with van der Waals surface area (Å²) in [5.74, 6) is -0.0668. The molecule has 3 aromatic rings. The van der Waals surface area contributed by atoms with Crippen LogP contribution in [0.2, 0.25) is 0 Å². The molecule has 1 atom stereocenters. The molecule has 2 amide bonds. The Hall–Kier alpha value is -3.22. The first-order valence-electron chi connectivity index (χ1n) is 10.5. The second-order valence-corrected chi connectivity index (χ2v) is 8.05. The van der Waals surface area contributed by atoms with Gasteiger partial charge in [0.05, 0.1) is 17.5 Å². The summed E-state index contributed by atoms with van der Waals surface area (Å²) in [6.45, 7) is 0. The second-order valence-electron chi connectivity index (χ2n) is 8.05. The van der Waals surface area contributed by atoms with Crippen molar-refractivity contribution in [3.8, 4) is 0 Å². The molecule has 5 rings (SSSR count). The van der Waals surface area contributed by atoms with E-state index in [0.717, 1.165) is 36.7 Å². The minimum absolute atomic E-state index is 0.00673. The van der Waals surface area contributed by atoms with Crippen LogP contribution in [-0.2, 0) is 9.59 Å². The highest BCUT2D eigenvalue weighted by molar-refractivity contribution is 6.05. The molecule has 1 aliphatic carbocycles. The standard InChI is InChI=1S/C23H23FN4O2/c24-15-10-12-16(13-11-15)25-21(29)14-20-22(30)27(17-6-2-1-3-7-17)23-26-18-8-4-5-9-19(18)28(20)23/h4-5,8-13,17,20H,1-3,6-7,14H2,(H,25,29). The van der Waals surface area contributed by atoms with Gasteiger partial charge in [0.25, 0.3) is 5.91 Å². The van der Waals surface area contributed by atoms with Crippen LogP contribution in [0.3, 0.4) is 0 Å². The molecule has 7 heteroatoms. The number of nitrogens with one attached hydrogen (secondary N) is 1. The van der Waals surface area contributed by atoms with Crippen molar-refractivity contribution in [2.45, 2.75) is 50.6 Å². The number of benzene rings is 2. The number of hydrogen-bond acceptors (Lipinski definition) is 3. The first-order chi connectivity index (χ1) is 14.6. The van der Waals surface area contributed by atoms with Crippen molar-refractivity contribution in [3.63, 3.8) is 0 Å². The third kappa shape index (κ3) is 3.24. The van der Waals surface area contributed by atoms with E-state index in [1.807, 2.05) is 33.7 Å². The summed E-state index contributed by atoms with van der Waals surface area (Å²) in [7, 11) is 0. The van der Waals surface area contributed by atoms with E-state index < -0.39 is 6.04 Å². The van der Waals surface area contributed by atoms with Gasteiger partial charge in [0, 0.05) is 11.7 Å². The molecule has 1 aliphatic heterocycles. The van der Waals surface area contributed by atoms with Gasteiger partial charge in [-0.1, -0.05) is 31.4 Å². The first kappa shape index (κ1) is 18.8. The lowest BCUT2D eigenvalue weighted by Gasteiger charge is -2.30. The van der Waals surface area contributed by atoms with Crippen LogP contribution < -0.4 is 10.2 Å². The zero-order chi connectivity index (χ0) is 20.7. The summed E-state index contributed by atoms with van der Waals surface area (Å²) >= 11 is 0. The van der Waals surface area contributed by atoms with E-state index >= 15 is 0 Å². The van der Waals surface area contributed by atoms with Crippen molar-refractivity contribution in [2.75, 3.05) is 10.2 Å². The van der Waals surface area contributed by atoms with Crippen molar-refractivity contribution in [1.29, 1.82) is 0 Å². The maximum atomic E-state index is 13.4. The molecule has 2 aromatic carbocycles. The number of aromatic nitrogens is 2. The molecule has 0 bridgehead atoms. The highest BCUT2D eigenvalue weighted by Crippen LogP contribution is 2.40. The number of imidazole rings is 1. The van der Waals surface area contributed by atoms with Crippen LogP contribution in [0.5, 0.6) is 0 Å². The third-order valence-corrected chi connectivity index (χ3v) is 6.07. The minimum atomic E-state index is -0.630. The summed E-state index contributed by atoms with van der Waals surface area (Å²) in [5.41, 5.74) is 2.19. The summed E-state index contributed by atoms with van der Waals surface area (Å²) in [5, 5.41) is 2.77. The van der Waals surface area contributed by atoms with Gasteiger partial charge in [0.2, 0.25) is 11.9 Å². The van der Waals surface area contributed by atoms with E-state index in [0.29, 0.717) is 11.6 Å². The molecule has 1 fully saturated rings. The third-order valence-electron chi connectivity index (χ3n) is 6.07. The van der Waals surface area contributed by atoms with Gasteiger partial charge in [-0.2, -0.15) is 0 Å². The minimum Gasteiger partial charge on any atom is -0.326 e. The second kappa shape index (κ2) is 7.55. The SMILES string of the molecule is O=C(CC1C(=O)N(C2CCCCC2)c2nc3ccccc3n21)Nc1ccc(F)cc1. The number of carbonyl (C=O) groups is 2. The number of amides is 2. The molecule has 154 valence electrons. The number of para-hydroxylation sites is 2. The van der Waals surface area contributed by atoms with E-state index in [2.05, 4.69) is 5.32 Å². The van der Waals surface area contributed by atoms with Gasteiger partial charge >= 0.3 is 0 Å². The predicted octanol–water partition coefficient (Wildman–Crippen LogP) is 4.42. The van der Waals surface area contributed by atoms with E-state index in [4.69, 9.17) is 4.98 Å². The summed E-state index contributed by atoms with van der Waals surface area (Å²) in [4.78, 5) is 32.7. The molecular weight excluding hydrogens is 383 g/mol. The smallest absolute Gasteiger partial charge is 0.253 e. The van der Waals surface area contributed by atoms with Crippen LogP contribution in [0, 0.1) is 5.82 Å². The zero-order valence-electron chi connectivity index (χ0n) is 16.6. The average molecular weight is 406 g/mol. The summed E-state index contributed by atoms with van der Waals surface area (Å²) in [6.07, 6.45) is 5.33. The van der Waals surface area contributed by atoms with Crippen LogP contribution in [0.4, 0.5) is 16.0 Å². The number of rotatable bonds is 4. The van der Waals surface area contributed by atoms with Gasteiger partial charge in [-0.3, -0.25) is 19.1 Å². The predicted molar refractivity (Wildman–Crippen MR) is 113 cm³/mol. The van der Waals surface area contributed by atoms with Gasteiger partial charge in [-0.25, -0.2) is 9.37 Å². The number of hydrogen-bond donors (Lipinski definition) is 1. The summed E-state index contributed by atoms with van der Waals surface area (Å²) in [6, 6.07) is 12.8. The molecule has 2 heterocycles. The summed E-state index contributed by atoms with van der Waals surface area (Å²) < 4.78 is 15.0. The average Bonchev–Trinajstić information content (AvgIpc) is 3.25. The molecule has 6 nitrogen and oxygen atoms in total. The Morgan fingerprint density at radius 3 is 2.57 bits per heavy atom. The normalized spacial score (nSPS) is 19.3. The molecule has 0 spiro atoms. The van der Waals surface area contributed by atoms with Gasteiger partial charge in [0.15, 0.2) is 0 Å². The van der Waals surface area contributed by atoms with Crippen LogP contribution in [-0.4, -0.2) is 27.4 Å². The van der Waals surface area contributed by atoms with E-state index in [-0.39, 0.29) is 30.1 Å². The number of anilines is 2. The number of fused-ring (bicyclic) bond motifs is 3. The lowest BCUT2D eigenvalue weighted by Crippen LogP contribution is -2.41. The maximum absolute atomic E-state index is 13.4. The fourth-order valence-electron chi connectivity index (χ4n) is 4.66. The molecular formula is C23H23FN4O2. The Morgan fingerprint density at radius 2 is 1.80 bits per heavy atom. The Labute approximate surface area is 173 Å². The lowest BCUT2D eigenvalue weighted by molar-refractivity contribution is -0.125. The fourth-order valence-corrected chi connectivity index (χ4v) is 4.66. The molecule has 1 aromatic heterocycles. The Balaban J connectivity index is 1.46. The molecule has 0 saturated heterocycles. The highest BCUT2D eigenvalue weighted by Gasteiger charge is 2.44. The maximum Gasteiger partial charge on any atom is 0.253 e. The quantitative estimate of drug-likeness (QED) is 0.697. The monoisotopic (exact) mass is 406 g/mol. The van der Waals surface area contributed by atoms with Gasteiger partial charge in [0.1, 0.15) is 11.9 Å². The van der Waals surface area contributed by atoms with Crippen molar-refractivity contribution in [3.05, 3.63) is 54.3 Å². The fraction of sp³-hybridized carbons (Fsp3) is 0.348. The van der Waals surface area contributed by atoms with Gasteiger partial charge in [-0.05, 0) is 49.2 Å². The van der Waals surface area contributed by atoms with E-state index in [1.165, 1.54) is 30.7 Å². The van der Waals surface area contributed by atoms with Crippen molar-refractivity contribution in [2.24, 2.45) is 0 Å². The Morgan fingerprint density at radius 1 is 1.07 bits per heavy atom. The largest absolute Gasteiger partial charge is 0.326 e. The topological polar surface area (TPSA) is 67.2 Å². The van der Waals surface area contributed by atoms with Gasteiger partial charge < -0.3 is 5.32 Å². The molecule has 30 heavy (non-hydrogen) atoms. The van der Waals surface area contributed by atoms with E-state index in [9.17, 15) is 14.0 Å². The Kier molecular flexibility index (Phi) is 4.73. The molecule has 2 aliphatic rings. The van der Waals surface area contributed by atoms with Crippen molar-refractivity contribution < 1.29 is 14.0 Å². The van der Waals surface area contributed by atoms with Crippen molar-refractivity contribution >= 4 is 34.5 Å². The molecule has 1 N–H and O–H groups in total. The van der Waals surface area contributed by atoms with Crippen LogP contribution in [0.25, 0.3) is 11.0 Å². The lowest BCUT2D eigenvalue weighted by atomic mass is 9.94. The highest BCUT2D eigenvalue weighted by atomic mass is 19.1. The first-order valence-corrected chi connectivity index (χ1v) is 10.5. The molecule has 0 radical (unpaired) electrons. The van der Waals surface area contributed by atoms with E-state index in [1.54, 1.807) is 0 Å². The van der Waals surface area contributed by atoms with Gasteiger partial charge in [-0.15, -0.1) is 0 Å². The zero-order valence-corrected chi connectivity index (χ0v) is 16.6. The number of nitrogens with zero attached hydrogens (tertiary/aromatic N) is 3. The number of halogens is 1. The Bertz CT molecular complexity index is 1100. The molecule has 1 saturated carbocycles. The van der Waals surface area contributed by atoms with Crippen molar-refractivity contribution in [1.82, 2.24) is 9.55 Å².